The first-order valence-corrected chi connectivity index (χ1v) is 11.2. The van der Waals surface area contributed by atoms with Crippen LogP contribution in [0.4, 0.5) is 10.6 Å². The average Bonchev–Trinajstić information content (AvgIpc) is 3.20. The van der Waals surface area contributed by atoms with Gasteiger partial charge in [0, 0.05) is 34.1 Å². The van der Waals surface area contributed by atoms with Crippen LogP contribution in [0.25, 0.3) is 32.5 Å². The number of nitrogens with one attached hydrogen (secondary N) is 1. The van der Waals surface area contributed by atoms with Crippen LogP contribution in [0.2, 0.25) is 0 Å². The van der Waals surface area contributed by atoms with Crippen LogP contribution in [-0.4, -0.2) is 20.8 Å². The summed E-state index contributed by atoms with van der Waals surface area (Å²) in [5.41, 5.74) is 8.92. The Balaban J connectivity index is 2.08. The maximum absolute atomic E-state index is 13.5. The molecule has 4 rings (SSSR count). The van der Waals surface area contributed by atoms with Crippen LogP contribution in [0.5, 0.6) is 0 Å². The van der Waals surface area contributed by atoms with Gasteiger partial charge in [0.25, 0.3) is 5.56 Å². The standard InChI is InChI=1S/C24H24N4O3S/c1-14(2)12-28-19(11-26-24(30)31)21(15-6-4-3-5-7-15)18-10-16(8-9-17(18)23(28)29)22-27-20(25)13-32-22/h3-10,13-14,26H,11-12,25H2,1-2H3,(H,30,31). The molecular weight excluding hydrogens is 424 g/mol. The number of carbonyl (C=O) groups is 1. The molecule has 0 radical (unpaired) electrons. The van der Waals surface area contributed by atoms with E-state index in [0.717, 1.165) is 27.1 Å². The van der Waals surface area contributed by atoms with Crippen molar-refractivity contribution in [3.8, 4) is 21.7 Å². The van der Waals surface area contributed by atoms with Gasteiger partial charge in [-0.2, -0.15) is 0 Å². The first kappa shape index (κ1) is 21.6. The molecule has 0 spiro atoms. The second-order valence-corrected chi connectivity index (χ2v) is 8.85. The molecule has 7 nitrogen and oxygen atoms in total. The highest BCUT2D eigenvalue weighted by Crippen LogP contribution is 2.35. The summed E-state index contributed by atoms with van der Waals surface area (Å²) in [6.07, 6.45) is -1.14. The SMILES string of the molecule is CC(C)Cn1c(CNC(=O)O)c(-c2ccccc2)c2cc(-c3nc(N)cs3)ccc2c1=O. The third kappa shape index (κ3) is 4.22. The molecule has 2 aromatic carbocycles. The van der Waals surface area contributed by atoms with Gasteiger partial charge >= 0.3 is 6.09 Å². The third-order valence-electron chi connectivity index (χ3n) is 5.17. The number of amides is 1. The number of aromatic nitrogens is 2. The van der Waals surface area contributed by atoms with Crippen molar-refractivity contribution in [1.29, 1.82) is 0 Å². The smallest absolute Gasteiger partial charge is 0.404 e. The normalized spacial score (nSPS) is 11.2. The lowest BCUT2D eigenvalue weighted by atomic mass is 9.95. The molecule has 0 saturated carbocycles. The van der Waals surface area contributed by atoms with Gasteiger partial charge in [0.1, 0.15) is 10.8 Å². The van der Waals surface area contributed by atoms with Gasteiger partial charge in [-0.15, -0.1) is 11.3 Å². The van der Waals surface area contributed by atoms with Crippen molar-refractivity contribution in [2.45, 2.75) is 26.9 Å². The quantitative estimate of drug-likeness (QED) is 0.392. The summed E-state index contributed by atoms with van der Waals surface area (Å²) in [6, 6.07) is 15.4. The Hall–Kier alpha value is -3.65. The predicted octanol–water partition coefficient (Wildman–Crippen LogP) is 4.80. The second kappa shape index (κ2) is 8.84. The monoisotopic (exact) mass is 448 g/mol. The highest BCUT2D eigenvalue weighted by molar-refractivity contribution is 7.13. The summed E-state index contributed by atoms with van der Waals surface area (Å²) in [5.74, 6) is 0.655. The Kier molecular flexibility index (Phi) is 5.96. The summed E-state index contributed by atoms with van der Waals surface area (Å²) in [4.78, 5) is 29.2. The van der Waals surface area contributed by atoms with Gasteiger partial charge < -0.3 is 20.7 Å². The van der Waals surface area contributed by atoms with Crippen molar-refractivity contribution in [2.24, 2.45) is 5.92 Å². The van der Waals surface area contributed by atoms with Crippen molar-refractivity contribution in [3.05, 3.63) is 70.0 Å². The lowest BCUT2D eigenvalue weighted by Crippen LogP contribution is -2.31. The van der Waals surface area contributed by atoms with E-state index < -0.39 is 6.09 Å². The van der Waals surface area contributed by atoms with Gasteiger partial charge in [0.05, 0.1) is 6.54 Å². The Morgan fingerprint density at radius 1 is 1.16 bits per heavy atom. The van der Waals surface area contributed by atoms with E-state index in [1.807, 2.05) is 62.4 Å². The zero-order chi connectivity index (χ0) is 22.8. The van der Waals surface area contributed by atoms with Crippen molar-refractivity contribution in [2.75, 3.05) is 5.73 Å². The topological polar surface area (TPSA) is 110 Å². The molecule has 32 heavy (non-hydrogen) atoms. The van der Waals surface area contributed by atoms with Crippen LogP contribution in [0.3, 0.4) is 0 Å². The molecule has 1 amide bonds. The van der Waals surface area contributed by atoms with Crippen LogP contribution in [0.15, 0.2) is 58.7 Å². The fraction of sp³-hybridized carbons (Fsp3) is 0.208. The Morgan fingerprint density at radius 2 is 1.91 bits per heavy atom. The number of thiazole rings is 1. The summed E-state index contributed by atoms with van der Waals surface area (Å²) in [5, 5.41) is 15.6. The molecule has 2 heterocycles. The Labute approximate surface area is 189 Å². The highest BCUT2D eigenvalue weighted by atomic mass is 32.1. The number of nitrogen functional groups attached to an aromatic ring is 1. The molecule has 0 unspecified atom stereocenters. The van der Waals surface area contributed by atoms with E-state index in [1.54, 1.807) is 9.95 Å². The number of anilines is 1. The van der Waals surface area contributed by atoms with Gasteiger partial charge in [-0.05, 0) is 29.0 Å². The van der Waals surface area contributed by atoms with E-state index in [1.165, 1.54) is 11.3 Å². The molecule has 0 fully saturated rings. The second-order valence-electron chi connectivity index (χ2n) is 7.99. The number of pyridine rings is 1. The summed E-state index contributed by atoms with van der Waals surface area (Å²) >= 11 is 1.44. The van der Waals surface area contributed by atoms with Gasteiger partial charge in [0.2, 0.25) is 0 Å². The zero-order valence-corrected chi connectivity index (χ0v) is 18.6. The summed E-state index contributed by atoms with van der Waals surface area (Å²) in [6.45, 7) is 4.56. The maximum atomic E-state index is 13.5. The molecule has 0 aliphatic carbocycles. The minimum absolute atomic E-state index is 0.0197. The number of nitrogens with zero attached hydrogens (tertiary/aromatic N) is 2. The maximum Gasteiger partial charge on any atom is 0.404 e. The molecule has 0 aliphatic heterocycles. The van der Waals surface area contributed by atoms with Crippen LogP contribution >= 0.6 is 11.3 Å². The van der Waals surface area contributed by atoms with Gasteiger partial charge in [-0.3, -0.25) is 4.79 Å². The molecular formula is C24H24N4O3S. The van der Waals surface area contributed by atoms with Crippen molar-refractivity contribution >= 4 is 34.0 Å². The molecule has 4 N–H and O–H groups in total. The minimum atomic E-state index is -1.14. The van der Waals surface area contributed by atoms with Crippen LogP contribution in [0, 0.1) is 5.92 Å². The summed E-state index contributed by atoms with van der Waals surface area (Å²) in [7, 11) is 0. The van der Waals surface area contributed by atoms with E-state index >= 15 is 0 Å². The highest BCUT2D eigenvalue weighted by Gasteiger charge is 2.20. The number of hydrogen-bond donors (Lipinski definition) is 3. The minimum Gasteiger partial charge on any atom is -0.465 e. The summed E-state index contributed by atoms with van der Waals surface area (Å²) < 4.78 is 1.70. The Bertz CT molecular complexity index is 1340. The number of hydrogen-bond acceptors (Lipinski definition) is 5. The largest absolute Gasteiger partial charge is 0.465 e. The first-order valence-electron chi connectivity index (χ1n) is 10.3. The lowest BCUT2D eigenvalue weighted by molar-refractivity contribution is 0.193. The fourth-order valence-electron chi connectivity index (χ4n) is 3.88. The molecule has 0 bridgehead atoms. The molecule has 0 aliphatic rings. The van der Waals surface area contributed by atoms with Crippen molar-refractivity contribution < 1.29 is 9.90 Å². The lowest BCUT2D eigenvalue weighted by Gasteiger charge is -2.21. The van der Waals surface area contributed by atoms with E-state index in [4.69, 9.17) is 5.73 Å². The van der Waals surface area contributed by atoms with Crippen LogP contribution in [-0.2, 0) is 13.1 Å². The first-order chi connectivity index (χ1) is 15.3. The fourth-order valence-corrected chi connectivity index (χ4v) is 4.58. The number of benzene rings is 2. The average molecular weight is 449 g/mol. The van der Waals surface area contributed by atoms with Crippen molar-refractivity contribution in [3.63, 3.8) is 0 Å². The Morgan fingerprint density at radius 3 is 2.53 bits per heavy atom. The number of nitrogens with two attached hydrogens (primary N) is 1. The van der Waals surface area contributed by atoms with Gasteiger partial charge in [-0.25, -0.2) is 9.78 Å². The van der Waals surface area contributed by atoms with Gasteiger partial charge in [0.15, 0.2) is 0 Å². The predicted molar refractivity (Wildman–Crippen MR) is 129 cm³/mol. The molecule has 164 valence electrons. The van der Waals surface area contributed by atoms with E-state index in [9.17, 15) is 14.7 Å². The van der Waals surface area contributed by atoms with Crippen molar-refractivity contribution in [1.82, 2.24) is 14.9 Å². The number of carboxylic acid groups (broad SMARTS) is 1. The van der Waals surface area contributed by atoms with Crippen LogP contribution in [0.1, 0.15) is 19.5 Å². The van der Waals surface area contributed by atoms with E-state index in [0.29, 0.717) is 23.4 Å². The molecule has 0 atom stereocenters. The third-order valence-corrected chi connectivity index (χ3v) is 6.07. The molecule has 8 heteroatoms. The zero-order valence-electron chi connectivity index (χ0n) is 17.8. The number of rotatable bonds is 6. The van der Waals surface area contributed by atoms with Gasteiger partial charge in [-0.1, -0.05) is 50.2 Å². The van der Waals surface area contributed by atoms with Crippen LogP contribution < -0.4 is 16.6 Å². The van der Waals surface area contributed by atoms with E-state index in [-0.39, 0.29) is 18.0 Å². The molecule has 0 saturated heterocycles. The van der Waals surface area contributed by atoms with E-state index in [2.05, 4.69) is 10.3 Å². The molecule has 2 aromatic heterocycles. The number of fused-ring (bicyclic) bond motifs is 1. The molecule has 4 aromatic rings.